The van der Waals surface area contributed by atoms with E-state index in [1.165, 1.54) is 11.1 Å². The number of hydrogen-bond donors (Lipinski definition) is 1. The first-order valence-corrected chi connectivity index (χ1v) is 16.9. The van der Waals surface area contributed by atoms with Crippen LogP contribution in [0, 0.1) is 0 Å². The Kier molecular flexibility index (Phi) is 10.9. The number of para-hydroxylation sites is 1. The SMILES string of the molecule is CCOC(OCCC1Cc2cc(N)ccc2N1C(=O)c1ccc(CN2CCC(c3ccccc3OC)CC2)cc1)c1ccc(C=O)cc1. The molecule has 8 heteroatoms. The lowest BCUT2D eigenvalue weighted by molar-refractivity contribution is -0.144. The summed E-state index contributed by atoms with van der Waals surface area (Å²) in [5.74, 6) is 1.46. The van der Waals surface area contributed by atoms with E-state index in [-0.39, 0.29) is 11.9 Å². The second-order valence-electron chi connectivity index (χ2n) is 12.6. The average Bonchev–Trinajstić information content (AvgIpc) is 3.48. The molecule has 2 unspecified atom stereocenters. The highest BCUT2D eigenvalue weighted by atomic mass is 16.7. The standard InChI is InChI=1S/C40H45N3O5/c1-3-47-40(32-14-10-29(27-44)11-15-32)48-23-20-35-25-33-24-34(41)16-17-37(33)43(35)39(45)31-12-8-28(9-13-31)26-42-21-18-30(19-22-42)36-6-4-5-7-38(36)46-2/h4-17,24,27,30,35,40H,3,18-23,25-26,41H2,1-2H3. The lowest BCUT2D eigenvalue weighted by Crippen LogP contribution is -2.38. The van der Waals surface area contributed by atoms with Crippen molar-refractivity contribution in [1.29, 1.82) is 0 Å². The molecule has 8 nitrogen and oxygen atoms in total. The maximum atomic E-state index is 14.1. The summed E-state index contributed by atoms with van der Waals surface area (Å²) >= 11 is 0. The molecule has 4 aromatic carbocycles. The number of anilines is 2. The van der Waals surface area contributed by atoms with E-state index in [1.54, 1.807) is 19.2 Å². The van der Waals surface area contributed by atoms with Gasteiger partial charge in [-0.1, -0.05) is 54.6 Å². The molecular weight excluding hydrogens is 602 g/mol. The van der Waals surface area contributed by atoms with Gasteiger partial charge in [-0.3, -0.25) is 14.5 Å². The van der Waals surface area contributed by atoms with Crippen LogP contribution in [-0.2, 0) is 22.4 Å². The van der Waals surface area contributed by atoms with Gasteiger partial charge in [0.1, 0.15) is 12.0 Å². The van der Waals surface area contributed by atoms with Crippen LogP contribution in [0.4, 0.5) is 11.4 Å². The maximum Gasteiger partial charge on any atom is 0.258 e. The Morgan fingerprint density at radius 1 is 0.958 bits per heavy atom. The molecule has 6 rings (SSSR count). The number of rotatable bonds is 13. The summed E-state index contributed by atoms with van der Waals surface area (Å²) in [6, 6.07) is 29.3. The van der Waals surface area contributed by atoms with Crippen molar-refractivity contribution >= 4 is 23.6 Å². The van der Waals surface area contributed by atoms with Crippen LogP contribution in [0.3, 0.4) is 0 Å². The molecule has 1 amide bonds. The number of nitrogen functional groups attached to an aromatic ring is 1. The zero-order valence-electron chi connectivity index (χ0n) is 27.8. The molecule has 0 radical (unpaired) electrons. The Morgan fingerprint density at radius 3 is 2.42 bits per heavy atom. The number of fused-ring (bicyclic) bond motifs is 1. The largest absolute Gasteiger partial charge is 0.496 e. The smallest absolute Gasteiger partial charge is 0.258 e. The molecule has 2 atom stereocenters. The van der Waals surface area contributed by atoms with Crippen molar-refractivity contribution in [3.63, 3.8) is 0 Å². The molecule has 1 fully saturated rings. The third kappa shape index (κ3) is 7.62. The van der Waals surface area contributed by atoms with Gasteiger partial charge in [-0.05, 0) is 105 Å². The third-order valence-corrected chi connectivity index (χ3v) is 9.56. The summed E-state index contributed by atoms with van der Waals surface area (Å²) < 4.78 is 17.7. The van der Waals surface area contributed by atoms with E-state index in [0.29, 0.717) is 48.8 Å². The number of piperidine rings is 1. The third-order valence-electron chi connectivity index (χ3n) is 9.56. The van der Waals surface area contributed by atoms with Crippen molar-refractivity contribution in [2.24, 2.45) is 0 Å². The van der Waals surface area contributed by atoms with Gasteiger partial charge in [0, 0.05) is 47.3 Å². The minimum Gasteiger partial charge on any atom is -0.496 e. The van der Waals surface area contributed by atoms with E-state index in [4.69, 9.17) is 19.9 Å². The van der Waals surface area contributed by atoms with Crippen molar-refractivity contribution in [3.8, 4) is 5.75 Å². The van der Waals surface area contributed by atoms with Crippen molar-refractivity contribution in [2.45, 2.75) is 57.4 Å². The highest BCUT2D eigenvalue weighted by Crippen LogP contribution is 2.37. The van der Waals surface area contributed by atoms with E-state index in [1.807, 2.05) is 66.4 Å². The summed E-state index contributed by atoms with van der Waals surface area (Å²) in [5.41, 5.74) is 13.4. The van der Waals surface area contributed by atoms with E-state index in [9.17, 15) is 9.59 Å². The van der Waals surface area contributed by atoms with E-state index in [0.717, 1.165) is 61.3 Å². The molecule has 1 saturated heterocycles. The number of carbonyl (C=O) groups excluding carboxylic acids is 2. The van der Waals surface area contributed by atoms with Crippen LogP contribution in [0.25, 0.3) is 0 Å². The lowest BCUT2D eigenvalue weighted by atomic mass is 9.88. The Labute approximate surface area is 283 Å². The average molecular weight is 648 g/mol. The van der Waals surface area contributed by atoms with E-state index >= 15 is 0 Å². The fraction of sp³-hybridized carbons (Fsp3) is 0.350. The van der Waals surface area contributed by atoms with E-state index in [2.05, 4.69) is 29.2 Å². The van der Waals surface area contributed by atoms with E-state index < -0.39 is 6.29 Å². The molecule has 2 aliphatic rings. The van der Waals surface area contributed by atoms with Crippen LogP contribution in [0.15, 0.2) is 91.0 Å². The van der Waals surface area contributed by atoms with Gasteiger partial charge in [0.05, 0.1) is 13.7 Å². The zero-order chi connectivity index (χ0) is 33.5. The first-order chi connectivity index (χ1) is 23.5. The minimum atomic E-state index is -0.557. The number of benzene rings is 4. The molecule has 0 bridgehead atoms. The summed E-state index contributed by atoms with van der Waals surface area (Å²) in [7, 11) is 1.74. The molecule has 0 spiro atoms. The number of methoxy groups -OCH3 is 1. The first kappa shape index (κ1) is 33.4. The van der Waals surface area contributed by atoms with Crippen LogP contribution in [0.5, 0.6) is 5.75 Å². The number of nitrogens with zero attached hydrogens (tertiary/aromatic N) is 2. The van der Waals surface area contributed by atoms with Gasteiger partial charge in [-0.2, -0.15) is 0 Å². The number of nitrogens with two attached hydrogens (primary N) is 1. The van der Waals surface area contributed by atoms with Crippen LogP contribution in [-0.4, -0.2) is 56.5 Å². The van der Waals surface area contributed by atoms with Gasteiger partial charge in [0.2, 0.25) is 0 Å². The summed E-state index contributed by atoms with van der Waals surface area (Å²) in [6.07, 6.45) is 3.78. The van der Waals surface area contributed by atoms with Crippen LogP contribution >= 0.6 is 0 Å². The van der Waals surface area contributed by atoms with Crippen molar-refractivity contribution in [2.75, 3.05) is 44.0 Å². The first-order valence-electron chi connectivity index (χ1n) is 16.9. The highest BCUT2D eigenvalue weighted by molar-refractivity contribution is 6.08. The molecule has 0 saturated carbocycles. The molecule has 48 heavy (non-hydrogen) atoms. The fourth-order valence-corrected chi connectivity index (χ4v) is 7.04. The number of ether oxygens (including phenoxy) is 3. The van der Waals surface area contributed by atoms with Gasteiger partial charge in [0.25, 0.3) is 5.91 Å². The highest BCUT2D eigenvalue weighted by Gasteiger charge is 2.34. The molecule has 0 aliphatic carbocycles. The molecule has 2 aliphatic heterocycles. The topological polar surface area (TPSA) is 94.3 Å². The maximum absolute atomic E-state index is 14.1. The van der Waals surface area contributed by atoms with Crippen LogP contribution in [0.1, 0.15) is 81.4 Å². The number of amides is 1. The molecule has 2 heterocycles. The summed E-state index contributed by atoms with van der Waals surface area (Å²) in [5, 5.41) is 0. The van der Waals surface area contributed by atoms with Crippen molar-refractivity contribution < 1.29 is 23.8 Å². The van der Waals surface area contributed by atoms with Gasteiger partial charge >= 0.3 is 0 Å². The Balaban J connectivity index is 1.09. The number of hydrogen-bond acceptors (Lipinski definition) is 7. The van der Waals surface area contributed by atoms with Gasteiger partial charge in [-0.25, -0.2) is 0 Å². The minimum absolute atomic E-state index is 0.0292. The monoisotopic (exact) mass is 647 g/mol. The number of carbonyl (C=O) groups is 2. The van der Waals surface area contributed by atoms with Gasteiger partial charge in [-0.15, -0.1) is 0 Å². The summed E-state index contributed by atoms with van der Waals surface area (Å²) in [6.45, 7) is 5.70. The summed E-state index contributed by atoms with van der Waals surface area (Å²) in [4.78, 5) is 29.6. The zero-order valence-corrected chi connectivity index (χ0v) is 27.8. The molecule has 0 aromatic heterocycles. The fourth-order valence-electron chi connectivity index (χ4n) is 7.04. The molecule has 2 N–H and O–H groups in total. The number of likely N-dealkylation sites (tertiary alicyclic amines) is 1. The van der Waals surface area contributed by atoms with Crippen LogP contribution in [0.2, 0.25) is 0 Å². The predicted octanol–water partition coefficient (Wildman–Crippen LogP) is 7.18. The lowest BCUT2D eigenvalue weighted by Gasteiger charge is -2.32. The molecular formula is C40H45N3O5. The second-order valence-corrected chi connectivity index (χ2v) is 12.6. The quantitative estimate of drug-likeness (QED) is 0.0933. The van der Waals surface area contributed by atoms with Crippen molar-refractivity contribution in [3.05, 3.63) is 124 Å². The van der Waals surface area contributed by atoms with Crippen molar-refractivity contribution in [1.82, 2.24) is 4.90 Å². The number of aldehydes is 1. The van der Waals surface area contributed by atoms with Crippen LogP contribution < -0.4 is 15.4 Å². The Hall–Kier alpha value is -4.50. The Morgan fingerprint density at radius 2 is 1.71 bits per heavy atom. The predicted molar refractivity (Wildman–Crippen MR) is 189 cm³/mol. The van der Waals surface area contributed by atoms with Gasteiger partial charge < -0.3 is 24.8 Å². The molecule has 250 valence electrons. The Bertz CT molecular complexity index is 1680. The van der Waals surface area contributed by atoms with Gasteiger partial charge in [0.15, 0.2) is 6.29 Å². The molecule has 4 aromatic rings. The second kappa shape index (κ2) is 15.6. The normalized spacial score (nSPS) is 17.2.